The fourth-order valence-electron chi connectivity index (χ4n) is 5.50. The van der Waals surface area contributed by atoms with E-state index in [2.05, 4.69) is 27.7 Å². The van der Waals surface area contributed by atoms with E-state index in [-0.39, 0.29) is 23.0 Å². The van der Waals surface area contributed by atoms with Crippen LogP contribution in [0.1, 0.15) is 88.9 Å². The van der Waals surface area contributed by atoms with Gasteiger partial charge in [0.2, 0.25) is 0 Å². The van der Waals surface area contributed by atoms with E-state index in [1.165, 1.54) is 0 Å². The van der Waals surface area contributed by atoms with Gasteiger partial charge in [0, 0.05) is 19.3 Å². The normalized spacial score (nSPS) is 11.2. The molecule has 4 rings (SSSR count). The van der Waals surface area contributed by atoms with Crippen LogP contribution in [0.5, 0.6) is 23.0 Å². The van der Waals surface area contributed by atoms with Crippen molar-refractivity contribution in [2.75, 3.05) is 0 Å². The molecule has 0 bridgehead atoms. The topological polar surface area (TPSA) is 80.9 Å². The lowest BCUT2D eigenvalue weighted by Gasteiger charge is -2.17. The Kier molecular flexibility index (Phi) is 9.09. The van der Waals surface area contributed by atoms with Crippen molar-refractivity contribution < 1.29 is 20.4 Å². The molecule has 4 heteroatoms. The Bertz CT molecular complexity index is 1520. The van der Waals surface area contributed by atoms with Gasteiger partial charge in [0.15, 0.2) is 0 Å². The molecule has 0 saturated heterocycles. The number of rotatable bonds is 10. The Labute approximate surface area is 238 Å². The van der Waals surface area contributed by atoms with Crippen LogP contribution in [-0.2, 0) is 44.9 Å². The Morgan fingerprint density at radius 1 is 0.425 bits per heavy atom. The van der Waals surface area contributed by atoms with E-state index in [0.717, 1.165) is 86.9 Å². The molecule has 4 nitrogen and oxygen atoms in total. The molecule has 0 atom stereocenters. The Morgan fingerprint density at radius 3 is 1.20 bits per heavy atom. The average Bonchev–Trinajstić information content (AvgIpc) is 2.95. The summed E-state index contributed by atoms with van der Waals surface area (Å²) in [5.74, 6) is 0.898. The third kappa shape index (κ3) is 6.28. The first-order valence-corrected chi connectivity index (χ1v) is 14.5. The van der Waals surface area contributed by atoms with Crippen LogP contribution in [0.3, 0.4) is 0 Å². The number of hydrogen-bond acceptors (Lipinski definition) is 4. The smallest absolute Gasteiger partial charge is 0.122 e. The molecule has 0 aliphatic rings. The highest BCUT2D eigenvalue weighted by molar-refractivity contribution is 5.54. The highest BCUT2D eigenvalue weighted by Crippen LogP contribution is 2.36. The van der Waals surface area contributed by atoms with Crippen molar-refractivity contribution in [2.45, 2.75) is 79.6 Å². The van der Waals surface area contributed by atoms with E-state index < -0.39 is 0 Å². The van der Waals surface area contributed by atoms with E-state index in [1.807, 2.05) is 55.5 Å². The minimum Gasteiger partial charge on any atom is -0.508 e. The summed E-state index contributed by atoms with van der Waals surface area (Å²) in [6, 6.07) is 17.7. The van der Waals surface area contributed by atoms with Gasteiger partial charge >= 0.3 is 0 Å². The Hall–Kier alpha value is -3.92. The van der Waals surface area contributed by atoms with Crippen LogP contribution in [0.25, 0.3) is 0 Å². The van der Waals surface area contributed by atoms with Crippen molar-refractivity contribution in [3.8, 4) is 23.0 Å². The second kappa shape index (κ2) is 12.5. The standard InChI is InChI=1S/C36H42O4/c1-6-23-10-11-33(37)27(13-23)19-29-15-25(8-3)17-31(35(29)39)21-32-18-26(9-4)16-30(36(32)40)20-28-14-24(7-2)12-22(5)34(28)38/h10-18,37-40H,6-9,19-21H2,1-5H3. The van der Waals surface area contributed by atoms with Gasteiger partial charge in [-0.05, 0) is 99.9 Å². The summed E-state index contributed by atoms with van der Waals surface area (Å²) >= 11 is 0. The Balaban J connectivity index is 1.74. The lowest BCUT2D eigenvalue weighted by molar-refractivity contribution is 0.453. The third-order valence-electron chi connectivity index (χ3n) is 8.01. The molecule has 0 aromatic heterocycles. The van der Waals surface area contributed by atoms with E-state index in [0.29, 0.717) is 19.3 Å². The van der Waals surface area contributed by atoms with E-state index >= 15 is 0 Å². The summed E-state index contributed by atoms with van der Waals surface area (Å²) in [6.45, 7) is 10.3. The molecule has 210 valence electrons. The molecule has 0 heterocycles. The largest absolute Gasteiger partial charge is 0.508 e. The van der Waals surface area contributed by atoms with Crippen LogP contribution < -0.4 is 0 Å². The molecule has 0 saturated carbocycles. The third-order valence-corrected chi connectivity index (χ3v) is 8.01. The van der Waals surface area contributed by atoms with Gasteiger partial charge in [-0.25, -0.2) is 0 Å². The SMILES string of the molecule is CCc1ccc(O)c(Cc2cc(CC)cc(Cc3cc(CC)cc(Cc4cc(CC)cc(C)c4O)c3O)c2O)c1. The average molecular weight is 539 g/mol. The lowest BCUT2D eigenvalue weighted by Crippen LogP contribution is -2.01. The lowest BCUT2D eigenvalue weighted by atomic mass is 9.90. The molecule has 40 heavy (non-hydrogen) atoms. The van der Waals surface area contributed by atoms with Gasteiger partial charge in [0.1, 0.15) is 23.0 Å². The van der Waals surface area contributed by atoms with Gasteiger partial charge in [-0.1, -0.05) is 76.2 Å². The zero-order chi connectivity index (χ0) is 29.0. The second-order valence-electron chi connectivity index (χ2n) is 10.9. The summed E-state index contributed by atoms with van der Waals surface area (Å²) in [5.41, 5.74) is 9.95. The van der Waals surface area contributed by atoms with Crippen LogP contribution in [0.2, 0.25) is 0 Å². The zero-order valence-corrected chi connectivity index (χ0v) is 24.4. The van der Waals surface area contributed by atoms with E-state index in [4.69, 9.17) is 0 Å². The minimum atomic E-state index is 0.199. The van der Waals surface area contributed by atoms with E-state index in [1.54, 1.807) is 6.07 Å². The Morgan fingerprint density at radius 2 is 0.775 bits per heavy atom. The highest BCUT2D eigenvalue weighted by atomic mass is 16.3. The number of aryl methyl sites for hydroxylation is 5. The van der Waals surface area contributed by atoms with Crippen molar-refractivity contribution >= 4 is 0 Å². The van der Waals surface area contributed by atoms with Gasteiger partial charge < -0.3 is 20.4 Å². The molecule has 4 aromatic carbocycles. The van der Waals surface area contributed by atoms with Crippen LogP contribution in [-0.4, -0.2) is 20.4 Å². The molecule has 0 fully saturated rings. The molecule has 0 amide bonds. The monoisotopic (exact) mass is 538 g/mol. The highest BCUT2D eigenvalue weighted by Gasteiger charge is 2.18. The van der Waals surface area contributed by atoms with Gasteiger partial charge in [0.05, 0.1) is 0 Å². The molecule has 4 N–H and O–H groups in total. The maximum absolute atomic E-state index is 11.4. The first-order chi connectivity index (χ1) is 19.2. The van der Waals surface area contributed by atoms with Crippen LogP contribution >= 0.6 is 0 Å². The van der Waals surface area contributed by atoms with Crippen molar-refractivity contribution in [3.63, 3.8) is 0 Å². The maximum Gasteiger partial charge on any atom is 0.122 e. The number of benzene rings is 4. The van der Waals surface area contributed by atoms with Gasteiger partial charge in [0.25, 0.3) is 0 Å². The molecular formula is C36H42O4. The molecule has 4 aromatic rings. The predicted octanol–water partition coefficient (Wildman–Crippen LogP) is 7.84. The fourth-order valence-corrected chi connectivity index (χ4v) is 5.50. The molecular weight excluding hydrogens is 496 g/mol. The van der Waals surface area contributed by atoms with Crippen molar-refractivity contribution in [3.05, 3.63) is 116 Å². The fraction of sp³-hybridized carbons (Fsp3) is 0.333. The van der Waals surface area contributed by atoms with Gasteiger partial charge in [-0.15, -0.1) is 0 Å². The number of aromatic hydroxyl groups is 4. The number of phenolic OH excluding ortho intramolecular Hbond substituents is 4. The maximum atomic E-state index is 11.4. The van der Waals surface area contributed by atoms with E-state index in [9.17, 15) is 20.4 Å². The summed E-state index contributed by atoms with van der Waals surface area (Å²) in [4.78, 5) is 0. The molecule has 0 spiro atoms. The first-order valence-electron chi connectivity index (χ1n) is 14.5. The number of phenols is 4. The summed E-state index contributed by atoms with van der Waals surface area (Å²) < 4.78 is 0. The summed E-state index contributed by atoms with van der Waals surface area (Å²) in [5, 5.41) is 44.1. The van der Waals surface area contributed by atoms with Gasteiger partial charge in [-0.3, -0.25) is 0 Å². The van der Waals surface area contributed by atoms with Crippen molar-refractivity contribution in [1.29, 1.82) is 0 Å². The quantitative estimate of drug-likeness (QED) is 0.166. The van der Waals surface area contributed by atoms with Crippen LogP contribution in [0.15, 0.2) is 54.6 Å². The van der Waals surface area contributed by atoms with Gasteiger partial charge in [-0.2, -0.15) is 0 Å². The number of hydrogen-bond donors (Lipinski definition) is 4. The minimum absolute atomic E-state index is 0.199. The molecule has 0 radical (unpaired) electrons. The molecule has 0 aliphatic heterocycles. The van der Waals surface area contributed by atoms with Crippen LogP contribution in [0.4, 0.5) is 0 Å². The van der Waals surface area contributed by atoms with Crippen LogP contribution in [0, 0.1) is 6.92 Å². The first kappa shape index (κ1) is 29.1. The summed E-state index contributed by atoms with van der Waals surface area (Å²) in [6.07, 6.45) is 4.57. The second-order valence-corrected chi connectivity index (χ2v) is 10.9. The summed E-state index contributed by atoms with van der Waals surface area (Å²) in [7, 11) is 0. The predicted molar refractivity (Wildman–Crippen MR) is 163 cm³/mol. The zero-order valence-electron chi connectivity index (χ0n) is 24.4. The van der Waals surface area contributed by atoms with Crippen molar-refractivity contribution in [2.24, 2.45) is 0 Å². The van der Waals surface area contributed by atoms with Crippen molar-refractivity contribution in [1.82, 2.24) is 0 Å². The molecule has 0 unspecified atom stereocenters. The molecule has 0 aliphatic carbocycles.